The normalized spacial score (nSPS) is 12.1. The van der Waals surface area contributed by atoms with Crippen molar-refractivity contribution in [2.75, 3.05) is 29.7 Å². The minimum absolute atomic E-state index is 0.0530. The SMILES string of the molecule is CNc1nc(C(C)(C)C)c(-c2nc(N)nc(Nc3ccc(C)c(S(C)(=O)=O)c3)n2)s1. The molecule has 0 saturated heterocycles. The fourth-order valence-corrected chi connectivity index (χ4v) is 4.90. The Balaban J connectivity index is 2.05. The molecule has 2 aromatic heterocycles. The summed E-state index contributed by atoms with van der Waals surface area (Å²) in [6.45, 7) is 7.94. The number of nitrogens with two attached hydrogens (primary N) is 1. The molecule has 160 valence electrons. The third-order valence-electron chi connectivity index (χ3n) is 4.25. The van der Waals surface area contributed by atoms with Crippen molar-refractivity contribution >= 4 is 43.9 Å². The molecule has 3 rings (SSSR count). The summed E-state index contributed by atoms with van der Waals surface area (Å²) in [6, 6.07) is 5.04. The van der Waals surface area contributed by atoms with Crippen LogP contribution in [0.5, 0.6) is 0 Å². The van der Waals surface area contributed by atoms with Crippen LogP contribution in [0.4, 0.5) is 22.7 Å². The highest BCUT2D eigenvalue weighted by atomic mass is 32.2. The first-order chi connectivity index (χ1) is 13.9. The van der Waals surface area contributed by atoms with Gasteiger partial charge in [0.1, 0.15) is 0 Å². The third kappa shape index (κ3) is 4.68. The second kappa shape index (κ2) is 7.80. The molecule has 0 aliphatic rings. The highest BCUT2D eigenvalue weighted by Crippen LogP contribution is 2.38. The van der Waals surface area contributed by atoms with Crippen molar-refractivity contribution in [2.24, 2.45) is 0 Å². The predicted molar refractivity (Wildman–Crippen MR) is 121 cm³/mol. The van der Waals surface area contributed by atoms with Gasteiger partial charge in [0.05, 0.1) is 15.5 Å². The maximum Gasteiger partial charge on any atom is 0.232 e. The van der Waals surface area contributed by atoms with Crippen molar-refractivity contribution < 1.29 is 8.42 Å². The number of sulfone groups is 1. The van der Waals surface area contributed by atoms with E-state index in [0.29, 0.717) is 17.1 Å². The Morgan fingerprint density at radius 2 is 1.80 bits per heavy atom. The van der Waals surface area contributed by atoms with Crippen molar-refractivity contribution in [2.45, 2.75) is 38.0 Å². The average molecular weight is 448 g/mol. The largest absolute Gasteiger partial charge is 0.368 e. The van der Waals surface area contributed by atoms with Gasteiger partial charge >= 0.3 is 0 Å². The topological polar surface area (TPSA) is 136 Å². The highest BCUT2D eigenvalue weighted by Gasteiger charge is 2.26. The summed E-state index contributed by atoms with van der Waals surface area (Å²) in [4.78, 5) is 18.7. The maximum absolute atomic E-state index is 12.0. The van der Waals surface area contributed by atoms with Crippen molar-refractivity contribution in [1.82, 2.24) is 19.9 Å². The molecule has 30 heavy (non-hydrogen) atoms. The van der Waals surface area contributed by atoms with Gasteiger partial charge in [0.25, 0.3) is 0 Å². The first-order valence-corrected chi connectivity index (χ1v) is 11.9. The van der Waals surface area contributed by atoms with E-state index in [2.05, 4.69) is 51.3 Å². The molecule has 0 aliphatic carbocycles. The lowest BCUT2D eigenvalue weighted by Crippen LogP contribution is -2.14. The number of thiazole rings is 1. The smallest absolute Gasteiger partial charge is 0.232 e. The first kappa shape index (κ1) is 21.9. The van der Waals surface area contributed by atoms with Gasteiger partial charge in [-0.15, -0.1) is 0 Å². The van der Waals surface area contributed by atoms with E-state index >= 15 is 0 Å². The van der Waals surface area contributed by atoms with Crippen LogP contribution in [0.1, 0.15) is 32.0 Å². The number of rotatable bonds is 5. The van der Waals surface area contributed by atoms with Crippen LogP contribution in [0.3, 0.4) is 0 Å². The minimum Gasteiger partial charge on any atom is -0.368 e. The average Bonchev–Trinajstić information content (AvgIpc) is 3.07. The molecule has 0 aliphatic heterocycles. The van der Waals surface area contributed by atoms with E-state index in [1.54, 1.807) is 32.2 Å². The summed E-state index contributed by atoms with van der Waals surface area (Å²) in [5.74, 6) is 0.682. The summed E-state index contributed by atoms with van der Waals surface area (Å²) >= 11 is 1.43. The minimum atomic E-state index is -3.36. The van der Waals surface area contributed by atoms with Crippen LogP contribution in [0.25, 0.3) is 10.7 Å². The van der Waals surface area contributed by atoms with Crippen LogP contribution < -0.4 is 16.4 Å². The molecule has 0 radical (unpaired) electrons. The van der Waals surface area contributed by atoms with Crippen molar-refractivity contribution in [1.29, 1.82) is 0 Å². The molecule has 0 bridgehead atoms. The van der Waals surface area contributed by atoms with Gasteiger partial charge in [-0.2, -0.15) is 15.0 Å². The fraction of sp³-hybridized carbons (Fsp3) is 0.368. The molecular formula is C19H25N7O2S2. The van der Waals surface area contributed by atoms with Gasteiger partial charge in [-0.05, 0) is 24.6 Å². The lowest BCUT2D eigenvalue weighted by Gasteiger charge is -2.17. The number of nitrogen functional groups attached to an aromatic ring is 1. The standard InChI is InChI=1S/C19H25N7O2S2/c1-10-7-8-11(9-12(10)30(6,27)28)22-17-25-15(24-16(20)26-17)13-14(19(2,3)4)23-18(21-5)29-13/h7-9H,1-6H3,(H,21,23)(H3,20,22,24,25,26). The van der Waals surface area contributed by atoms with Crippen molar-refractivity contribution in [3.05, 3.63) is 29.5 Å². The first-order valence-electron chi connectivity index (χ1n) is 9.17. The number of benzene rings is 1. The van der Waals surface area contributed by atoms with Crippen molar-refractivity contribution in [3.63, 3.8) is 0 Å². The number of nitrogens with zero attached hydrogens (tertiary/aromatic N) is 4. The van der Waals surface area contributed by atoms with Crippen LogP contribution in [0.15, 0.2) is 23.1 Å². The molecule has 2 heterocycles. The van der Waals surface area contributed by atoms with Crippen LogP contribution in [0.2, 0.25) is 0 Å². The molecular weight excluding hydrogens is 422 g/mol. The Morgan fingerprint density at radius 3 is 2.40 bits per heavy atom. The number of aromatic nitrogens is 4. The van der Waals surface area contributed by atoms with Crippen LogP contribution >= 0.6 is 11.3 Å². The Morgan fingerprint density at radius 1 is 1.10 bits per heavy atom. The summed E-state index contributed by atoms with van der Waals surface area (Å²) in [5.41, 5.74) is 7.77. The molecule has 9 nitrogen and oxygen atoms in total. The second-order valence-corrected chi connectivity index (χ2v) is 10.9. The number of anilines is 4. The van der Waals surface area contributed by atoms with Gasteiger partial charge < -0.3 is 16.4 Å². The molecule has 4 N–H and O–H groups in total. The number of nitrogens with one attached hydrogen (secondary N) is 2. The number of hydrogen-bond acceptors (Lipinski definition) is 10. The van der Waals surface area contributed by atoms with Crippen molar-refractivity contribution in [3.8, 4) is 10.7 Å². The van der Waals surface area contributed by atoms with E-state index in [1.807, 2.05) is 0 Å². The lowest BCUT2D eigenvalue weighted by atomic mass is 9.91. The molecule has 0 atom stereocenters. The molecule has 0 fully saturated rings. The Kier molecular flexibility index (Phi) is 5.70. The molecule has 1 aromatic carbocycles. The monoisotopic (exact) mass is 447 g/mol. The Bertz CT molecular complexity index is 1200. The van der Waals surface area contributed by atoms with E-state index in [-0.39, 0.29) is 22.2 Å². The Labute approximate surface area is 180 Å². The highest BCUT2D eigenvalue weighted by molar-refractivity contribution is 7.90. The zero-order valence-electron chi connectivity index (χ0n) is 17.7. The second-order valence-electron chi connectivity index (χ2n) is 7.92. The van der Waals surface area contributed by atoms with E-state index < -0.39 is 9.84 Å². The van der Waals surface area contributed by atoms with Gasteiger partial charge in [0.2, 0.25) is 11.9 Å². The molecule has 0 saturated carbocycles. The van der Waals surface area contributed by atoms with E-state index in [1.165, 1.54) is 17.6 Å². The van der Waals surface area contributed by atoms with Gasteiger partial charge in [-0.3, -0.25) is 0 Å². The van der Waals surface area contributed by atoms with Crippen LogP contribution in [-0.2, 0) is 15.3 Å². The van der Waals surface area contributed by atoms with Crippen LogP contribution in [0, 0.1) is 6.92 Å². The third-order valence-corrected chi connectivity index (χ3v) is 6.56. The fourth-order valence-electron chi connectivity index (χ4n) is 2.84. The molecule has 3 aromatic rings. The summed E-state index contributed by atoms with van der Waals surface area (Å²) in [6.07, 6.45) is 1.18. The van der Waals surface area contributed by atoms with Gasteiger partial charge in [0.15, 0.2) is 20.8 Å². The quantitative estimate of drug-likeness (QED) is 0.537. The maximum atomic E-state index is 12.0. The number of hydrogen-bond donors (Lipinski definition) is 3. The summed E-state index contributed by atoms with van der Waals surface area (Å²) in [5, 5.41) is 6.84. The van der Waals surface area contributed by atoms with Gasteiger partial charge in [-0.1, -0.05) is 38.2 Å². The predicted octanol–water partition coefficient (Wildman–Crippen LogP) is 3.37. The lowest BCUT2D eigenvalue weighted by molar-refractivity contribution is 0.574. The van der Waals surface area contributed by atoms with Gasteiger partial charge in [-0.25, -0.2) is 13.4 Å². The Hall–Kier alpha value is -2.79. The zero-order chi connectivity index (χ0) is 22.3. The molecule has 11 heteroatoms. The van der Waals surface area contributed by atoms with E-state index in [9.17, 15) is 8.42 Å². The van der Waals surface area contributed by atoms with Gasteiger partial charge in [0, 0.05) is 24.4 Å². The zero-order valence-corrected chi connectivity index (χ0v) is 19.4. The number of aryl methyl sites for hydroxylation is 1. The van der Waals surface area contributed by atoms with E-state index in [0.717, 1.165) is 15.7 Å². The summed E-state index contributed by atoms with van der Waals surface area (Å²) in [7, 11) is -1.56. The van der Waals surface area contributed by atoms with Crippen LogP contribution in [-0.4, -0.2) is 41.7 Å². The molecule has 0 spiro atoms. The molecule has 0 amide bonds. The molecule has 0 unspecified atom stereocenters. The van der Waals surface area contributed by atoms with E-state index in [4.69, 9.17) is 5.73 Å². The summed E-state index contributed by atoms with van der Waals surface area (Å²) < 4.78 is 24.0.